The minimum absolute atomic E-state index is 0.0993. The minimum atomic E-state index is -0.885. The molecule has 3 rings (SSSR count). The zero-order valence-corrected chi connectivity index (χ0v) is 14.7. The molecule has 1 atom stereocenters. The molecule has 1 aliphatic heterocycles. The van der Waals surface area contributed by atoms with Crippen molar-refractivity contribution in [3.05, 3.63) is 63.7 Å². The Morgan fingerprint density at radius 2 is 2.00 bits per heavy atom. The Morgan fingerprint density at radius 3 is 2.67 bits per heavy atom. The number of hydrogen-bond acceptors (Lipinski definition) is 6. The number of hydrogen-bond donors (Lipinski definition) is 2. The molecule has 1 aliphatic rings. The number of likely N-dealkylation sites (N-methyl/N-ethyl adjacent to an activating group) is 1. The second-order valence-corrected chi connectivity index (χ2v) is 6.11. The van der Waals surface area contributed by atoms with E-state index in [0.717, 1.165) is 0 Å². The second-order valence-electron chi connectivity index (χ2n) is 6.11. The third kappa shape index (κ3) is 3.14. The van der Waals surface area contributed by atoms with Gasteiger partial charge in [-0.3, -0.25) is 19.7 Å². The number of benzene rings is 2. The minimum Gasteiger partial charge on any atom is -0.508 e. The van der Waals surface area contributed by atoms with Crippen molar-refractivity contribution in [2.75, 3.05) is 25.5 Å². The fourth-order valence-electron chi connectivity index (χ4n) is 3.19. The summed E-state index contributed by atoms with van der Waals surface area (Å²) in [5.41, 5.74) is 0.867. The Bertz CT molecular complexity index is 930. The summed E-state index contributed by atoms with van der Waals surface area (Å²) in [4.78, 5) is 38.5. The van der Waals surface area contributed by atoms with Crippen LogP contribution in [0.3, 0.4) is 0 Å². The molecule has 9 heteroatoms. The lowest BCUT2D eigenvalue weighted by molar-refractivity contribution is -0.385. The smallest absolute Gasteiger partial charge is 0.270 e. The average Bonchev–Trinajstić information content (AvgIpc) is 2.66. The topological polar surface area (TPSA) is 116 Å². The molecule has 0 fully saturated rings. The number of nitrogens with one attached hydrogen (secondary N) is 1. The Kier molecular flexibility index (Phi) is 4.68. The van der Waals surface area contributed by atoms with Crippen molar-refractivity contribution in [2.45, 2.75) is 6.17 Å². The van der Waals surface area contributed by atoms with Crippen LogP contribution in [-0.4, -0.2) is 47.4 Å². The SMILES string of the molecule is CNC(=O)CN1c2ccccc2C(=O)N(C)[C@H]1c1cc([N+](=O)[O-])ccc1O. The van der Waals surface area contributed by atoms with Crippen molar-refractivity contribution >= 4 is 23.2 Å². The van der Waals surface area contributed by atoms with Crippen LogP contribution in [0, 0.1) is 10.1 Å². The molecule has 27 heavy (non-hydrogen) atoms. The maximum absolute atomic E-state index is 12.8. The number of para-hydroxylation sites is 1. The summed E-state index contributed by atoms with van der Waals surface area (Å²) in [6.07, 6.45) is -0.885. The van der Waals surface area contributed by atoms with Crippen LogP contribution in [0.25, 0.3) is 0 Å². The predicted molar refractivity (Wildman–Crippen MR) is 97.5 cm³/mol. The Morgan fingerprint density at radius 1 is 1.30 bits per heavy atom. The van der Waals surface area contributed by atoms with E-state index in [1.165, 1.54) is 37.2 Å². The van der Waals surface area contributed by atoms with Crippen LogP contribution in [0.4, 0.5) is 11.4 Å². The van der Waals surface area contributed by atoms with Gasteiger partial charge in [0.05, 0.1) is 22.7 Å². The van der Waals surface area contributed by atoms with Crippen molar-refractivity contribution in [3.8, 4) is 5.75 Å². The molecule has 0 spiro atoms. The Hall–Kier alpha value is -3.62. The first-order valence-electron chi connectivity index (χ1n) is 8.16. The molecule has 0 bridgehead atoms. The first-order valence-corrected chi connectivity index (χ1v) is 8.16. The summed E-state index contributed by atoms with van der Waals surface area (Å²) in [7, 11) is 3.02. The lowest BCUT2D eigenvalue weighted by Crippen LogP contribution is -2.50. The van der Waals surface area contributed by atoms with Gasteiger partial charge >= 0.3 is 0 Å². The van der Waals surface area contributed by atoms with Crippen LogP contribution in [0.2, 0.25) is 0 Å². The molecule has 1 heterocycles. The molecule has 140 valence electrons. The number of carbonyl (C=O) groups is 2. The number of phenols is 1. The van der Waals surface area contributed by atoms with Gasteiger partial charge in [-0.05, 0) is 18.2 Å². The fraction of sp³-hybridized carbons (Fsp3) is 0.222. The number of aromatic hydroxyl groups is 1. The van der Waals surface area contributed by atoms with Gasteiger partial charge in [-0.1, -0.05) is 12.1 Å². The summed E-state index contributed by atoms with van der Waals surface area (Å²) in [5.74, 6) is -0.816. The molecule has 0 saturated heterocycles. The molecule has 2 N–H and O–H groups in total. The molecular formula is C18H18N4O5. The molecule has 0 aromatic heterocycles. The van der Waals surface area contributed by atoms with E-state index in [1.807, 2.05) is 0 Å². The highest BCUT2D eigenvalue weighted by molar-refractivity contribution is 6.02. The number of phenolic OH excluding ortho intramolecular Hbond substituents is 1. The number of nitro groups is 1. The van der Waals surface area contributed by atoms with Gasteiger partial charge in [-0.25, -0.2) is 0 Å². The van der Waals surface area contributed by atoms with Gasteiger partial charge in [0.2, 0.25) is 5.91 Å². The molecule has 2 aromatic carbocycles. The van der Waals surface area contributed by atoms with E-state index in [2.05, 4.69) is 5.32 Å². The number of non-ortho nitro benzene ring substituents is 1. The van der Waals surface area contributed by atoms with Gasteiger partial charge in [0.25, 0.3) is 11.6 Å². The number of fused-ring (bicyclic) bond motifs is 1. The van der Waals surface area contributed by atoms with Crippen LogP contribution in [0.1, 0.15) is 22.1 Å². The van der Waals surface area contributed by atoms with Crippen molar-refractivity contribution in [2.24, 2.45) is 0 Å². The summed E-state index contributed by atoms with van der Waals surface area (Å²) in [6.45, 7) is -0.0993. The Balaban J connectivity index is 2.20. The van der Waals surface area contributed by atoms with E-state index in [9.17, 15) is 24.8 Å². The summed E-state index contributed by atoms with van der Waals surface area (Å²) < 4.78 is 0. The summed E-state index contributed by atoms with van der Waals surface area (Å²) >= 11 is 0. The summed E-state index contributed by atoms with van der Waals surface area (Å²) in [5, 5.41) is 24.0. The first-order chi connectivity index (χ1) is 12.8. The highest BCUT2D eigenvalue weighted by Gasteiger charge is 2.38. The number of nitrogens with zero attached hydrogens (tertiary/aromatic N) is 3. The fourth-order valence-corrected chi connectivity index (χ4v) is 3.19. The lowest BCUT2D eigenvalue weighted by Gasteiger charge is -2.43. The van der Waals surface area contributed by atoms with Gasteiger partial charge in [-0.15, -0.1) is 0 Å². The molecular weight excluding hydrogens is 352 g/mol. The second kappa shape index (κ2) is 6.94. The standard InChI is InChI=1S/C18H18N4O5/c1-19-16(24)10-21-14-6-4-3-5-12(14)18(25)20(2)17(21)13-9-11(22(26)27)7-8-15(13)23/h3-9,17,23H,10H2,1-2H3,(H,19,24)/t17-/m1/s1. The van der Waals surface area contributed by atoms with Crippen molar-refractivity contribution in [3.63, 3.8) is 0 Å². The van der Waals surface area contributed by atoms with Crippen LogP contribution in [0.15, 0.2) is 42.5 Å². The third-order valence-electron chi connectivity index (χ3n) is 4.52. The highest BCUT2D eigenvalue weighted by atomic mass is 16.6. The molecule has 9 nitrogen and oxygen atoms in total. The Labute approximate surface area is 155 Å². The predicted octanol–water partition coefficient (Wildman–Crippen LogP) is 1.64. The molecule has 0 aliphatic carbocycles. The zero-order chi connectivity index (χ0) is 19.7. The van der Waals surface area contributed by atoms with Gasteiger partial charge in [0.1, 0.15) is 11.9 Å². The monoisotopic (exact) mass is 370 g/mol. The van der Waals surface area contributed by atoms with E-state index in [0.29, 0.717) is 11.3 Å². The number of nitro benzene ring substituents is 1. The quantitative estimate of drug-likeness (QED) is 0.624. The molecule has 2 amide bonds. The normalized spacial score (nSPS) is 16.1. The highest BCUT2D eigenvalue weighted by Crippen LogP contribution is 2.41. The third-order valence-corrected chi connectivity index (χ3v) is 4.52. The van der Waals surface area contributed by atoms with Crippen molar-refractivity contribution in [1.29, 1.82) is 0 Å². The average molecular weight is 370 g/mol. The molecule has 0 unspecified atom stereocenters. The molecule has 0 radical (unpaired) electrons. The molecule has 0 saturated carbocycles. The maximum Gasteiger partial charge on any atom is 0.270 e. The van der Waals surface area contributed by atoms with Crippen LogP contribution < -0.4 is 10.2 Å². The van der Waals surface area contributed by atoms with E-state index >= 15 is 0 Å². The van der Waals surface area contributed by atoms with Gasteiger partial charge < -0.3 is 20.2 Å². The van der Waals surface area contributed by atoms with Crippen LogP contribution in [0.5, 0.6) is 5.75 Å². The van der Waals surface area contributed by atoms with E-state index in [-0.39, 0.29) is 35.4 Å². The van der Waals surface area contributed by atoms with Gasteiger partial charge in [-0.2, -0.15) is 0 Å². The first kappa shape index (κ1) is 18.2. The maximum atomic E-state index is 12.8. The van der Waals surface area contributed by atoms with Crippen molar-refractivity contribution < 1.29 is 19.6 Å². The number of carbonyl (C=O) groups excluding carboxylic acids is 2. The van der Waals surface area contributed by atoms with Crippen LogP contribution in [-0.2, 0) is 4.79 Å². The lowest BCUT2D eigenvalue weighted by atomic mass is 10.0. The van der Waals surface area contributed by atoms with Crippen LogP contribution >= 0.6 is 0 Å². The summed E-state index contributed by atoms with van der Waals surface area (Å²) in [6, 6.07) is 10.4. The number of amides is 2. The zero-order valence-electron chi connectivity index (χ0n) is 14.7. The van der Waals surface area contributed by atoms with Crippen molar-refractivity contribution in [1.82, 2.24) is 10.2 Å². The van der Waals surface area contributed by atoms with E-state index in [4.69, 9.17) is 0 Å². The largest absolute Gasteiger partial charge is 0.508 e. The number of rotatable bonds is 4. The van der Waals surface area contributed by atoms with Gasteiger partial charge in [0, 0.05) is 31.8 Å². The molecule has 2 aromatic rings. The van der Waals surface area contributed by atoms with Gasteiger partial charge in [0.15, 0.2) is 0 Å². The van der Waals surface area contributed by atoms with E-state index in [1.54, 1.807) is 29.2 Å². The number of anilines is 1. The van der Waals surface area contributed by atoms with E-state index < -0.39 is 11.1 Å².